The van der Waals surface area contributed by atoms with E-state index in [-0.39, 0.29) is 24.4 Å². The number of hydrogen-bond donors (Lipinski definition) is 0. The molecule has 1 aromatic carbocycles. The summed E-state index contributed by atoms with van der Waals surface area (Å²) in [6.45, 7) is 2.12. The molecular formula is C18H22N4O5. The average Bonchev–Trinajstić information content (AvgIpc) is 2.99. The van der Waals surface area contributed by atoms with Gasteiger partial charge >= 0.3 is 5.69 Å². The Bertz CT molecular complexity index is 1080. The van der Waals surface area contributed by atoms with Gasteiger partial charge in [-0.25, -0.2) is 4.79 Å². The van der Waals surface area contributed by atoms with Crippen molar-refractivity contribution in [2.75, 3.05) is 13.7 Å². The largest absolute Gasteiger partial charge is 0.497 e. The Hall–Kier alpha value is -3.23. The maximum Gasteiger partial charge on any atom is 0.332 e. The van der Waals surface area contributed by atoms with Gasteiger partial charge in [0.25, 0.3) is 11.6 Å². The lowest BCUT2D eigenvalue weighted by atomic mass is 10.3. The molecule has 3 aromatic rings. The fourth-order valence-electron chi connectivity index (χ4n) is 2.70. The Labute approximate surface area is 155 Å². The van der Waals surface area contributed by atoms with Crippen molar-refractivity contribution in [3.8, 4) is 17.5 Å². The Morgan fingerprint density at radius 3 is 2.26 bits per heavy atom. The van der Waals surface area contributed by atoms with Gasteiger partial charge in [0.2, 0.25) is 0 Å². The number of methoxy groups -OCH3 is 1. The summed E-state index contributed by atoms with van der Waals surface area (Å²) < 4.78 is 20.5. The van der Waals surface area contributed by atoms with Crippen LogP contribution >= 0.6 is 0 Å². The van der Waals surface area contributed by atoms with Gasteiger partial charge in [-0.1, -0.05) is 0 Å². The highest BCUT2D eigenvalue weighted by molar-refractivity contribution is 5.71. The summed E-state index contributed by atoms with van der Waals surface area (Å²) in [6, 6.07) is 7.47. The Morgan fingerprint density at radius 2 is 1.63 bits per heavy atom. The van der Waals surface area contributed by atoms with Crippen molar-refractivity contribution in [3.05, 3.63) is 45.1 Å². The van der Waals surface area contributed by atoms with Crippen LogP contribution in [0.2, 0.25) is 0 Å². The van der Waals surface area contributed by atoms with Gasteiger partial charge in [-0.3, -0.25) is 18.5 Å². The van der Waals surface area contributed by atoms with Crippen molar-refractivity contribution in [2.45, 2.75) is 13.0 Å². The minimum atomic E-state index is -0.437. The van der Waals surface area contributed by atoms with Gasteiger partial charge in [-0.05, 0) is 31.2 Å². The Morgan fingerprint density at radius 1 is 1.00 bits per heavy atom. The molecule has 144 valence electrons. The maximum atomic E-state index is 12.4. The quantitative estimate of drug-likeness (QED) is 0.635. The van der Waals surface area contributed by atoms with E-state index in [1.165, 1.54) is 11.6 Å². The van der Waals surface area contributed by atoms with Crippen LogP contribution in [0.3, 0.4) is 0 Å². The summed E-state index contributed by atoms with van der Waals surface area (Å²) >= 11 is 0. The van der Waals surface area contributed by atoms with Crippen LogP contribution in [0, 0.1) is 0 Å². The van der Waals surface area contributed by atoms with E-state index in [0.717, 1.165) is 10.3 Å². The number of fused-ring (bicyclic) bond motifs is 1. The summed E-state index contributed by atoms with van der Waals surface area (Å²) in [5, 5.41) is 0. The molecule has 0 spiro atoms. The van der Waals surface area contributed by atoms with Gasteiger partial charge in [0.1, 0.15) is 24.2 Å². The zero-order valence-corrected chi connectivity index (χ0v) is 15.9. The molecule has 2 aromatic heterocycles. The molecule has 0 bridgehead atoms. The third kappa shape index (κ3) is 3.40. The van der Waals surface area contributed by atoms with Gasteiger partial charge < -0.3 is 14.2 Å². The molecule has 1 atom stereocenters. The molecule has 0 amide bonds. The number of aromatic nitrogens is 4. The Kier molecular flexibility index (Phi) is 4.93. The van der Waals surface area contributed by atoms with E-state index in [9.17, 15) is 9.59 Å². The van der Waals surface area contributed by atoms with Crippen molar-refractivity contribution in [1.29, 1.82) is 0 Å². The SMILES string of the molecule is COc1ccc(OCC(C)Oc2nc3c(c(=O)n(C)c(=O)n3C)n2C)cc1. The fourth-order valence-corrected chi connectivity index (χ4v) is 2.70. The predicted molar refractivity (Wildman–Crippen MR) is 99.8 cm³/mol. The van der Waals surface area contributed by atoms with Crippen molar-refractivity contribution in [1.82, 2.24) is 18.7 Å². The van der Waals surface area contributed by atoms with Gasteiger partial charge in [-0.2, -0.15) is 4.98 Å². The highest BCUT2D eigenvalue weighted by atomic mass is 16.5. The van der Waals surface area contributed by atoms with E-state index in [0.29, 0.717) is 11.3 Å². The van der Waals surface area contributed by atoms with Crippen molar-refractivity contribution in [2.24, 2.45) is 21.1 Å². The second-order valence-corrected chi connectivity index (χ2v) is 6.25. The van der Waals surface area contributed by atoms with Gasteiger partial charge in [0.15, 0.2) is 11.2 Å². The highest BCUT2D eigenvalue weighted by Crippen LogP contribution is 2.19. The summed E-state index contributed by atoms with van der Waals surface area (Å²) in [5.74, 6) is 1.44. The molecule has 0 fully saturated rings. The molecular weight excluding hydrogens is 352 g/mol. The van der Waals surface area contributed by atoms with Gasteiger partial charge in [-0.15, -0.1) is 0 Å². The van der Waals surface area contributed by atoms with Crippen LogP contribution in [-0.2, 0) is 21.1 Å². The number of imidazole rings is 1. The monoisotopic (exact) mass is 374 g/mol. The summed E-state index contributed by atoms with van der Waals surface area (Å²) in [5.41, 5.74) is -0.269. The minimum absolute atomic E-state index is 0.245. The standard InChI is InChI=1S/C18H22N4O5/c1-11(10-26-13-8-6-12(25-5)7-9-13)27-17-19-15-14(20(17)2)16(23)22(4)18(24)21(15)3/h6-9,11H,10H2,1-5H3. The fraction of sp³-hybridized carbons (Fsp3) is 0.389. The van der Waals surface area contributed by atoms with Crippen LogP contribution in [0.25, 0.3) is 11.2 Å². The van der Waals surface area contributed by atoms with Crippen LogP contribution in [-0.4, -0.2) is 38.5 Å². The number of ether oxygens (including phenoxy) is 3. The first-order valence-electron chi connectivity index (χ1n) is 8.39. The first-order valence-corrected chi connectivity index (χ1v) is 8.39. The first kappa shape index (κ1) is 18.6. The summed E-state index contributed by atoms with van der Waals surface area (Å²) in [4.78, 5) is 28.8. The second kappa shape index (κ2) is 7.18. The molecule has 27 heavy (non-hydrogen) atoms. The molecule has 0 saturated carbocycles. The highest BCUT2D eigenvalue weighted by Gasteiger charge is 2.19. The summed E-state index contributed by atoms with van der Waals surface area (Å²) in [7, 11) is 6.28. The van der Waals surface area contributed by atoms with Crippen molar-refractivity contribution < 1.29 is 14.2 Å². The molecule has 3 rings (SSSR count). The van der Waals surface area contributed by atoms with Crippen LogP contribution < -0.4 is 25.5 Å². The van der Waals surface area contributed by atoms with Gasteiger partial charge in [0.05, 0.1) is 7.11 Å². The minimum Gasteiger partial charge on any atom is -0.497 e. The second-order valence-electron chi connectivity index (χ2n) is 6.25. The normalized spacial score (nSPS) is 12.2. The number of hydrogen-bond acceptors (Lipinski definition) is 6. The van der Waals surface area contributed by atoms with Gasteiger partial charge in [0, 0.05) is 21.1 Å². The molecule has 1 unspecified atom stereocenters. The maximum absolute atomic E-state index is 12.4. The molecule has 0 aliphatic heterocycles. The number of benzene rings is 1. The van der Waals surface area contributed by atoms with Crippen molar-refractivity contribution >= 4 is 11.2 Å². The zero-order valence-electron chi connectivity index (χ0n) is 15.9. The van der Waals surface area contributed by atoms with Crippen molar-refractivity contribution in [3.63, 3.8) is 0 Å². The molecule has 0 aliphatic rings. The zero-order chi connectivity index (χ0) is 19.7. The van der Waals surface area contributed by atoms with E-state index >= 15 is 0 Å². The predicted octanol–water partition coefficient (Wildman–Crippen LogP) is 0.826. The summed E-state index contributed by atoms with van der Waals surface area (Å²) in [6.07, 6.45) is -0.330. The van der Waals surface area contributed by atoms with E-state index in [2.05, 4.69) is 4.98 Å². The Balaban J connectivity index is 1.78. The molecule has 2 heterocycles. The average molecular weight is 374 g/mol. The molecule has 9 nitrogen and oxygen atoms in total. The topological polar surface area (TPSA) is 89.5 Å². The number of nitrogens with zero attached hydrogens (tertiary/aromatic N) is 4. The van der Waals surface area contributed by atoms with Crippen LogP contribution in [0.1, 0.15) is 6.92 Å². The third-order valence-electron chi connectivity index (χ3n) is 4.29. The van der Waals surface area contributed by atoms with Crippen LogP contribution in [0.4, 0.5) is 0 Å². The van der Waals surface area contributed by atoms with E-state index < -0.39 is 11.2 Å². The molecule has 0 saturated heterocycles. The van der Waals surface area contributed by atoms with E-state index in [1.54, 1.807) is 37.9 Å². The lowest BCUT2D eigenvalue weighted by Crippen LogP contribution is -2.37. The third-order valence-corrected chi connectivity index (χ3v) is 4.29. The van der Waals surface area contributed by atoms with Crippen LogP contribution in [0.15, 0.2) is 33.9 Å². The lowest BCUT2D eigenvalue weighted by Gasteiger charge is -2.15. The molecule has 0 N–H and O–H groups in total. The molecule has 0 aliphatic carbocycles. The number of aryl methyl sites for hydroxylation is 2. The van der Waals surface area contributed by atoms with E-state index in [1.807, 2.05) is 19.1 Å². The first-order chi connectivity index (χ1) is 12.8. The number of rotatable bonds is 6. The molecule has 9 heteroatoms. The van der Waals surface area contributed by atoms with E-state index in [4.69, 9.17) is 14.2 Å². The van der Waals surface area contributed by atoms with Crippen LogP contribution in [0.5, 0.6) is 17.5 Å². The molecule has 0 radical (unpaired) electrons. The smallest absolute Gasteiger partial charge is 0.332 e. The lowest BCUT2D eigenvalue weighted by molar-refractivity contribution is 0.130.